The summed E-state index contributed by atoms with van der Waals surface area (Å²) in [6.07, 6.45) is 0. The van der Waals surface area contributed by atoms with E-state index in [1.54, 1.807) is 11.8 Å². The molecule has 0 aromatic heterocycles. The highest BCUT2D eigenvalue weighted by Crippen LogP contribution is 2.23. The SMILES string of the molecule is CC(C)(C)N=C(Nc1ccccc1)Sc1ccccc1. The Bertz CT molecular complexity index is 513. The number of hydrogen-bond acceptors (Lipinski definition) is 2. The molecule has 0 aliphatic rings. The molecule has 0 heterocycles. The van der Waals surface area contributed by atoms with E-state index in [0.717, 1.165) is 10.9 Å². The summed E-state index contributed by atoms with van der Waals surface area (Å²) >= 11 is 1.65. The van der Waals surface area contributed by atoms with Crippen LogP contribution in [0, 0.1) is 0 Å². The van der Waals surface area contributed by atoms with Crippen molar-refractivity contribution in [2.45, 2.75) is 31.2 Å². The van der Waals surface area contributed by atoms with Gasteiger partial charge < -0.3 is 5.32 Å². The molecule has 0 aliphatic heterocycles. The van der Waals surface area contributed by atoms with Crippen molar-refractivity contribution in [1.29, 1.82) is 0 Å². The van der Waals surface area contributed by atoms with Gasteiger partial charge in [-0.25, -0.2) is 0 Å². The van der Waals surface area contributed by atoms with Gasteiger partial charge in [-0.15, -0.1) is 0 Å². The molecule has 2 aromatic carbocycles. The van der Waals surface area contributed by atoms with E-state index in [1.807, 2.05) is 48.5 Å². The summed E-state index contributed by atoms with van der Waals surface area (Å²) in [5.41, 5.74) is 0.942. The van der Waals surface area contributed by atoms with E-state index >= 15 is 0 Å². The van der Waals surface area contributed by atoms with Gasteiger partial charge in [0, 0.05) is 10.6 Å². The summed E-state index contributed by atoms with van der Waals surface area (Å²) in [6.45, 7) is 6.31. The molecule has 0 fully saturated rings. The molecule has 1 N–H and O–H groups in total. The first kappa shape index (κ1) is 14.7. The van der Waals surface area contributed by atoms with Crippen molar-refractivity contribution in [3.63, 3.8) is 0 Å². The number of para-hydroxylation sites is 1. The maximum absolute atomic E-state index is 4.77. The van der Waals surface area contributed by atoms with Gasteiger partial charge >= 0.3 is 0 Å². The predicted octanol–water partition coefficient (Wildman–Crippen LogP) is 5.05. The van der Waals surface area contributed by atoms with Crippen LogP contribution in [0.1, 0.15) is 20.8 Å². The number of aliphatic imine (C=N–C) groups is 1. The molecule has 20 heavy (non-hydrogen) atoms. The second-order valence-electron chi connectivity index (χ2n) is 5.49. The van der Waals surface area contributed by atoms with Gasteiger partial charge in [-0.2, -0.15) is 0 Å². The molecule has 0 unspecified atom stereocenters. The van der Waals surface area contributed by atoms with E-state index in [1.165, 1.54) is 4.90 Å². The molecule has 0 amide bonds. The second-order valence-corrected chi connectivity index (χ2v) is 6.56. The monoisotopic (exact) mass is 284 g/mol. The molecule has 0 radical (unpaired) electrons. The highest BCUT2D eigenvalue weighted by atomic mass is 32.2. The van der Waals surface area contributed by atoms with E-state index in [4.69, 9.17) is 4.99 Å². The highest BCUT2D eigenvalue weighted by molar-refractivity contribution is 8.14. The maximum Gasteiger partial charge on any atom is 0.166 e. The predicted molar refractivity (Wildman–Crippen MR) is 89.6 cm³/mol. The molecule has 0 saturated heterocycles. The molecule has 3 heteroatoms. The van der Waals surface area contributed by atoms with Crippen molar-refractivity contribution in [2.24, 2.45) is 4.99 Å². The van der Waals surface area contributed by atoms with Crippen LogP contribution in [0.15, 0.2) is 70.6 Å². The number of anilines is 1. The second kappa shape index (κ2) is 6.62. The minimum atomic E-state index is -0.112. The largest absolute Gasteiger partial charge is 0.335 e. The van der Waals surface area contributed by atoms with Gasteiger partial charge in [0.05, 0.1) is 5.54 Å². The lowest BCUT2D eigenvalue weighted by Crippen LogP contribution is -2.17. The Morgan fingerprint density at radius 2 is 1.45 bits per heavy atom. The Hall–Kier alpha value is -1.74. The average molecular weight is 284 g/mol. The summed E-state index contributed by atoms with van der Waals surface area (Å²) in [6, 6.07) is 20.4. The molecule has 104 valence electrons. The van der Waals surface area contributed by atoms with Crippen LogP contribution in [0.4, 0.5) is 5.69 Å². The molecule has 2 aromatic rings. The number of benzene rings is 2. The van der Waals surface area contributed by atoms with Crippen LogP contribution in [-0.2, 0) is 0 Å². The minimum Gasteiger partial charge on any atom is -0.335 e. The number of hydrogen-bond donors (Lipinski definition) is 1. The van der Waals surface area contributed by atoms with Crippen LogP contribution in [-0.4, -0.2) is 10.7 Å². The lowest BCUT2D eigenvalue weighted by Gasteiger charge is -2.17. The maximum atomic E-state index is 4.77. The van der Waals surface area contributed by atoms with Crippen LogP contribution in [0.5, 0.6) is 0 Å². The Morgan fingerprint density at radius 1 is 0.900 bits per heavy atom. The van der Waals surface area contributed by atoms with E-state index in [9.17, 15) is 0 Å². The summed E-state index contributed by atoms with van der Waals surface area (Å²) in [5.74, 6) is 0. The molecule has 0 saturated carbocycles. The third-order valence-corrected chi connectivity index (χ3v) is 3.31. The standard InChI is InChI=1S/C17H20N2S/c1-17(2,3)19-16(18-14-10-6-4-7-11-14)20-15-12-8-5-9-13-15/h4-13H,1-3H3,(H,18,19). The first-order valence-electron chi connectivity index (χ1n) is 6.68. The quantitative estimate of drug-likeness (QED) is 0.474. The third kappa shape index (κ3) is 5.10. The van der Waals surface area contributed by atoms with E-state index in [-0.39, 0.29) is 5.54 Å². The van der Waals surface area contributed by atoms with Gasteiger partial charge in [-0.1, -0.05) is 48.2 Å². The molecular formula is C17H20N2S. The van der Waals surface area contributed by atoms with Crippen molar-refractivity contribution in [3.05, 3.63) is 60.7 Å². The van der Waals surface area contributed by atoms with E-state index < -0.39 is 0 Å². The fourth-order valence-corrected chi connectivity index (χ4v) is 2.63. The zero-order valence-electron chi connectivity index (χ0n) is 12.1. The summed E-state index contributed by atoms with van der Waals surface area (Å²) in [7, 11) is 0. The molecule has 0 atom stereocenters. The minimum absolute atomic E-state index is 0.112. The Kier molecular flexibility index (Phi) is 4.85. The van der Waals surface area contributed by atoms with Crippen molar-refractivity contribution < 1.29 is 0 Å². The van der Waals surface area contributed by atoms with Crippen LogP contribution in [0.3, 0.4) is 0 Å². The number of rotatable bonds is 2. The lowest BCUT2D eigenvalue weighted by atomic mass is 10.1. The lowest BCUT2D eigenvalue weighted by molar-refractivity contribution is 0.585. The molecule has 0 spiro atoms. The van der Waals surface area contributed by atoms with Gasteiger partial charge in [0.25, 0.3) is 0 Å². The first-order chi connectivity index (χ1) is 9.53. The molecule has 2 rings (SSSR count). The van der Waals surface area contributed by atoms with Crippen LogP contribution in [0.25, 0.3) is 0 Å². The summed E-state index contributed by atoms with van der Waals surface area (Å²) in [4.78, 5) is 5.95. The molecule has 0 bridgehead atoms. The van der Waals surface area contributed by atoms with Gasteiger partial charge in [0.1, 0.15) is 0 Å². The van der Waals surface area contributed by atoms with Gasteiger partial charge in [0.15, 0.2) is 5.17 Å². The number of nitrogens with zero attached hydrogens (tertiary/aromatic N) is 1. The Morgan fingerprint density at radius 3 is 2.00 bits per heavy atom. The smallest absolute Gasteiger partial charge is 0.166 e. The van der Waals surface area contributed by atoms with Crippen LogP contribution < -0.4 is 5.32 Å². The Balaban J connectivity index is 2.20. The zero-order valence-corrected chi connectivity index (χ0v) is 12.9. The third-order valence-electron chi connectivity index (χ3n) is 2.42. The fraction of sp³-hybridized carbons (Fsp3) is 0.235. The fourth-order valence-electron chi connectivity index (χ4n) is 1.63. The van der Waals surface area contributed by atoms with E-state index in [0.29, 0.717) is 0 Å². The zero-order chi connectivity index (χ0) is 14.4. The topological polar surface area (TPSA) is 24.4 Å². The van der Waals surface area contributed by atoms with Crippen molar-refractivity contribution >= 4 is 22.6 Å². The normalized spacial score (nSPS) is 12.2. The van der Waals surface area contributed by atoms with Gasteiger partial charge in [0.2, 0.25) is 0 Å². The molecular weight excluding hydrogens is 264 g/mol. The van der Waals surface area contributed by atoms with Crippen molar-refractivity contribution in [3.8, 4) is 0 Å². The number of nitrogens with one attached hydrogen (secondary N) is 1. The number of amidine groups is 1. The van der Waals surface area contributed by atoms with Gasteiger partial charge in [-0.3, -0.25) is 4.99 Å². The highest BCUT2D eigenvalue weighted by Gasteiger charge is 2.11. The summed E-state index contributed by atoms with van der Waals surface area (Å²) in [5, 5.41) is 4.31. The number of thioether (sulfide) groups is 1. The van der Waals surface area contributed by atoms with Crippen molar-refractivity contribution in [1.82, 2.24) is 0 Å². The van der Waals surface area contributed by atoms with Gasteiger partial charge in [-0.05, 0) is 45.0 Å². The van der Waals surface area contributed by atoms with Crippen LogP contribution >= 0.6 is 11.8 Å². The van der Waals surface area contributed by atoms with Crippen LogP contribution in [0.2, 0.25) is 0 Å². The Labute approximate surface area is 125 Å². The van der Waals surface area contributed by atoms with E-state index in [2.05, 4.69) is 38.2 Å². The average Bonchev–Trinajstić information content (AvgIpc) is 2.39. The molecule has 0 aliphatic carbocycles. The first-order valence-corrected chi connectivity index (χ1v) is 7.49. The molecule has 2 nitrogen and oxygen atoms in total. The summed E-state index contributed by atoms with van der Waals surface area (Å²) < 4.78 is 0. The van der Waals surface area contributed by atoms with Crippen molar-refractivity contribution in [2.75, 3.05) is 5.32 Å².